The zero-order chi connectivity index (χ0) is 9.54. The van der Waals surface area contributed by atoms with Crippen LogP contribution >= 0.6 is 0 Å². The molecule has 1 fully saturated rings. The van der Waals surface area contributed by atoms with Gasteiger partial charge in [-0.1, -0.05) is 0 Å². The van der Waals surface area contributed by atoms with Gasteiger partial charge in [-0.3, -0.25) is 4.68 Å². The quantitative estimate of drug-likeness (QED) is 0.721. The minimum absolute atomic E-state index is 0.455. The highest BCUT2D eigenvalue weighted by Crippen LogP contribution is 2.28. The highest BCUT2D eigenvalue weighted by Gasteiger charge is 2.23. The summed E-state index contributed by atoms with van der Waals surface area (Å²) in [5.74, 6) is 0.943. The lowest BCUT2D eigenvalue weighted by Crippen LogP contribution is -1.95. The Kier molecular flexibility index (Phi) is 1.54. The molecule has 1 aliphatic rings. The first-order valence-corrected chi connectivity index (χ1v) is 4.91. The summed E-state index contributed by atoms with van der Waals surface area (Å²) in [5, 5.41) is 5.50. The number of benzene rings is 1. The summed E-state index contributed by atoms with van der Waals surface area (Å²) in [7, 11) is 1.93. The Hall–Kier alpha value is -1.51. The molecular formula is C11H12N2O. The normalized spacial score (nSPS) is 16.1. The fraction of sp³-hybridized carbons (Fsp3) is 0.364. The number of ether oxygens (including phenoxy) is 1. The molecule has 0 spiro atoms. The number of hydrogen-bond donors (Lipinski definition) is 0. The molecule has 14 heavy (non-hydrogen) atoms. The monoisotopic (exact) mass is 188 g/mol. The molecule has 0 N–H and O–H groups in total. The molecule has 3 rings (SSSR count). The van der Waals surface area contributed by atoms with Gasteiger partial charge in [0, 0.05) is 24.7 Å². The van der Waals surface area contributed by atoms with Crippen LogP contribution in [0.15, 0.2) is 24.4 Å². The fourth-order valence-corrected chi connectivity index (χ4v) is 1.57. The van der Waals surface area contributed by atoms with Crippen molar-refractivity contribution in [3.05, 3.63) is 24.4 Å². The smallest absolute Gasteiger partial charge is 0.121 e. The van der Waals surface area contributed by atoms with Crippen LogP contribution < -0.4 is 4.74 Å². The van der Waals surface area contributed by atoms with Crippen molar-refractivity contribution in [2.45, 2.75) is 18.9 Å². The summed E-state index contributed by atoms with van der Waals surface area (Å²) in [6.45, 7) is 0. The third-order valence-electron chi connectivity index (χ3n) is 2.42. The van der Waals surface area contributed by atoms with Crippen LogP contribution in [0.3, 0.4) is 0 Å². The van der Waals surface area contributed by atoms with E-state index in [9.17, 15) is 0 Å². The SMILES string of the molecule is Cn1cc2ccc(OC3CC3)cc2n1. The Balaban J connectivity index is 2.00. The van der Waals surface area contributed by atoms with Crippen molar-refractivity contribution in [1.82, 2.24) is 9.78 Å². The standard InChI is InChI=1S/C11H12N2O/c1-13-7-8-2-3-10(6-11(8)12-13)14-9-4-5-9/h2-3,6-7,9H,4-5H2,1H3. The maximum Gasteiger partial charge on any atom is 0.121 e. The van der Waals surface area contributed by atoms with Gasteiger partial charge in [-0.05, 0) is 25.0 Å². The zero-order valence-electron chi connectivity index (χ0n) is 8.10. The molecule has 1 aliphatic carbocycles. The van der Waals surface area contributed by atoms with E-state index in [2.05, 4.69) is 11.2 Å². The van der Waals surface area contributed by atoms with Crippen molar-refractivity contribution in [2.75, 3.05) is 0 Å². The predicted molar refractivity (Wildman–Crippen MR) is 54.4 cm³/mol. The minimum Gasteiger partial charge on any atom is -0.490 e. The van der Waals surface area contributed by atoms with Crippen molar-refractivity contribution >= 4 is 10.9 Å². The minimum atomic E-state index is 0.455. The Morgan fingerprint density at radius 3 is 3.07 bits per heavy atom. The molecule has 2 aromatic rings. The highest BCUT2D eigenvalue weighted by molar-refractivity contribution is 5.79. The first kappa shape index (κ1) is 7.85. The second-order valence-electron chi connectivity index (χ2n) is 3.84. The van der Waals surface area contributed by atoms with E-state index in [1.807, 2.05) is 30.1 Å². The van der Waals surface area contributed by atoms with Gasteiger partial charge in [0.15, 0.2) is 0 Å². The predicted octanol–water partition coefficient (Wildman–Crippen LogP) is 2.11. The summed E-state index contributed by atoms with van der Waals surface area (Å²) in [4.78, 5) is 0. The second-order valence-corrected chi connectivity index (χ2v) is 3.84. The second kappa shape index (κ2) is 2.74. The van der Waals surface area contributed by atoms with E-state index in [0.717, 1.165) is 16.7 Å². The number of nitrogens with zero attached hydrogens (tertiary/aromatic N) is 2. The number of aryl methyl sites for hydroxylation is 1. The Labute approximate surface area is 82.3 Å². The highest BCUT2D eigenvalue weighted by atomic mass is 16.5. The molecule has 3 heteroatoms. The van der Waals surface area contributed by atoms with E-state index in [1.54, 1.807) is 0 Å². The molecule has 1 aromatic carbocycles. The summed E-state index contributed by atoms with van der Waals surface area (Å²) < 4.78 is 7.52. The molecule has 0 amide bonds. The summed E-state index contributed by atoms with van der Waals surface area (Å²) in [5.41, 5.74) is 1.01. The van der Waals surface area contributed by atoms with E-state index in [1.165, 1.54) is 12.8 Å². The van der Waals surface area contributed by atoms with Crippen molar-refractivity contribution in [3.63, 3.8) is 0 Å². The van der Waals surface area contributed by atoms with Crippen LogP contribution in [0.25, 0.3) is 10.9 Å². The number of fused-ring (bicyclic) bond motifs is 1. The lowest BCUT2D eigenvalue weighted by atomic mass is 10.2. The van der Waals surface area contributed by atoms with Gasteiger partial charge in [-0.2, -0.15) is 5.10 Å². The van der Waals surface area contributed by atoms with Gasteiger partial charge < -0.3 is 4.74 Å². The maximum absolute atomic E-state index is 5.69. The molecule has 0 atom stereocenters. The molecule has 1 aromatic heterocycles. The molecule has 0 aliphatic heterocycles. The average Bonchev–Trinajstić information content (AvgIpc) is 2.86. The van der Waals surface area contributed by atoms with Gasteiger partial charge in [0.25, 0.3) is 0 Å². The van der Waals surface area contributed by atoms with E-state index in [-0.39, 0.29) is 0 Å². The van der Waals surface area contributed by atoms with E-state index >= 15 is 0 Å². The largest absolute Gasteiger partial charge is 0.490 e. The molecule has 1 saturated carbocycles. The lowest BCUT2D eigenvalue weighted by molar-refractivity contribution is 0.303. The van der Waals surface area contributed by atoms with Crippen molar-refractivity contribution < 1.29 is 4.74 Å². The van der Waals surface area contributed by atoms with Gasteiger partial charge in [0.1, 0.15) is 5.75 Å². The van der Waals surface area contributed by atoms with E-state index in [4.69, 9.17) is 4.74 Å². The third-order valence-corrected chi connectivity index (χ3v) is 2.42. The van der Waals surface area contributed by atoms with Crippen molar-refractivity contribution in [2.24, 2.45) is 7.05 Å². The van der Waals surface area contributed by atoms with E-state index < -0.39 is 0 Å². The molecule has 1 heterocycles. The molecule has 0 unspecified atom stereocenters. The number of aromatic nitrogens is 2. The van der Waals surface area contributed by atoms with Crippen molar-refractivity contribution in [1.29, 1.82) is 0 Å². The van der Waals surface area contributed by atoms with Gasteiger partial charge in [-0.15, -0.1) is 0 Å². The first-order chi connectivity index (χ1) is 6.81. The van der Waals surface area contributed by atoms with Gasteiger partial charge >= 0.3 is 0 Å². The number of hydrogen-bond acceptors (Lipinski definition) is 2. The molecule has 3 nitrogen and oxygen atoms in total. The van der Waals surface area contributed by atoms with E-state index in [0.29, 0.717) is 6.10 Å². The Morgan fingerprint density at radius 1 is 1.43 bits per heavy atom. The van der Waals surface area contributed by atoms with Gasteiger partial charge in [-0.25, -0.2) is 0 Å². The van der Waals surface area contributed by atoms with Crippen LogP contribution in [0.5, 0.6) is 5.75 Å². The summed E-state index contributed by atoms with van der Waals surface area (Å²) in [6, 6.07) is 6.08. The Bertz CT molecular complexity index is 471. The fourth-order valence-electron chi connectivity index (χ4n) is 1.57. The maximum atomic E-state index is 5.69. The van der Waals surface area contributed by atoms with Gasteiger partial charge in [0.2, 0.25) is 0 Å². The topological polar surface area (TPSA) is 27.1 Å². The molecule has 0 bridgehead atoms. The number of rotatable bonds is 2. The van der Waals surface area contributed by atoms with Crippen LogP contribution in [-0.2, 0) is 7.05 Å². The molecule has 0 radical (unpaired) electrons. The third kappa shape index (κ3) is 1.35. The van der Waals surface area contributed by atoms with Crippen LogP contribution in [-0.4, -0.2) is 15.9 Å². The summed E-state index contributed by atoms with van der Waals surface area (Å²) in [6.07, 6.45) is 4.85. The molecule has 0 saturated heterocycles. The summed E-state index contributed by atoms with van der Waals surface area (Å²) >= 11 is 0. The van der Waals surface area contributed by atoms with Gasteiger partial charge in [0.05, 0.1) is 11.6 Å². The Morgan fingerprint density at radius 2 is 2.29 bits per heavy atom. The molecule has 72 valence electrons. The average molecular weight is 188 g/mol. The lowest BCUT2D eigenvalue weighted by Gasteiger charge is -2.02. The molecular weight excluding hydrogens is 176 g/mol. The van der Waals surface area contributed by atoms with Crippen LogP contribution in [0.2, 0.25) is 0 Å². The first-order valence-electron chi connectivity index (χ1n) is 4.91. The van der Waals surface area contributed by atoms with Crippen molar-refractivity contribution in [3.8, 4) is 5.75 Å². The van der Waals surface area contributed by atoms with Crippen LogP contribution in [0, 0.1) is 0 Å². The van der Waals surface area contributed by atoms with Crippen LogP contribution in [0.1, 0.15) is 12.8 Å². The van der Waals surface area contributed by atoms with Crippen LogP contribution in [0.4, 0.5) is 0 Å². The zero-order valence-corrected chi connectivity index (χ0v) is 8.10.